The average Bonchev–Trinajstić information content (AvgIpc) is 2.52. The van der Waals surface area contributed by atoms with E-state index in [2.05, 4.69) is 38.5 Å². The van der Waals surface area contributed by atoms with Crippen molar-refractivity contribution >= 4 is 34.8 Å². The summed E-state index contributed by atoms with van der Waals surface area (Å²) in [7, 11) is 0. The van der Waals surface area contributed by atoms with Crippen molar-refractivity contribution in [3.05, 3.63) is 24.5 Å². The first kappa shape index (κ1) is 15.4. The Morgan fingerprint density at radius 2 is 2.00 bits per heavy atom. The quantitative estimate of drug-likeness (QED) is 0.654. The molecule has 4 nitrogen and oxygen atoms in total. The zero-order chi connectivity index (χ0) is 14.2. The summed E-state index contributed by atoms with van der Waals surface area (Å²) < 4.78 is 0. The first-order valence-electron chi connectivity index (χ1n) is 7.04. The van der Waals surface area contributed by atoms with Crippen LogP contribution in [0.2, 0.25) is 0 Å². The van der Waals surface area contributed by atoms with Crippen LogP contribution in [0.15, 0.2) is 24.5 Å². The molecule has 2 heterocycles. The van der Waals surface area contributed by atoms with Crippen molar-refractivity contribution in [3.63, 3.8) is 0 Å². The van der Waals surface area contributed by atoms with E-state index in [1.54, 1.807) is 0 Å². The highest BCUT2D eigenvalue weighted by Crippen LogP contribution is 2.14. The maximum Gasteiger partial charge on any atom is 0.169 e. The Kier molecular flexibility index (Phi) is 6.39. The van der Waals surface area contributed by atoms with Gasteiger partial charge in [-0.1, -0.05) is 0 Å². The number of nitrogens with one attached hydrogen (secondary N) is 2. The van der Waals surface area contributed by atoms with Crippen molar-refractivity contribution < 1.29 is 4.98 Å². The number of aromatic nitrogens is 1. The molecule has 0 aliphatic carbocycles. The van der Waals surface area contributed by atoms with Gasteiger partial charge in [0.25, 0.3) is 0 Å². The van der Waals surface area contributed by atoms with Gasteiger partial charge in [-0.15, -0.1) is 0 Å². The lowest BCUT2D eigenvalue weighted by molar-refractivity contribution is -0.377. The summed E-state index contributed by atoms with van der Waals surface area (Å²) >= 11 is 7.34. The van der Waals surface area contributed by atoms with E-state index < -0.39 is 0 Å². The van der Waals surface area contributed by atoms with Crippen molar-refractivity contribution in [1.29, 1.82) is 0 Å². The summed E-state index contributed by atoms with van der Waals surface area (Å²) in [5, 5.41) is 4.27. The second-order valence-corrected chi connectivity index (χ2v) is 6.18. The van der Waals surface area contributed by atoms with Crippen molar-refractivity contribution in [2.24, 2.45) is 0 Å². The fourth-order valence-electron chi connectivity index (χ4n) is 2.28. The fourth-order valence-corrected chi connectivity index (χ4v) is 3.00. The number of anilines is 1. The number of aromatic amines is 1. The third kappa shape index (κ3) is 4.52. The number of H-pyrrole nitrogens is 1. The molecule has 0 amide bonds. The second-order valence-electron chi connectivity index (χ2n) is 4.81. The summed E-state index contributed by atoms with van der Waals surface area (Å²) in [5.41, 5.74) is 1.28. The number of rotatable bonds is 5. The molecule has 2 N–H and O–H groups in total. The zero-order valence-electron chi connectivity index (χ0n) is 12.0. The molecule has 1 aliphatic heterocycles. The molecule has 0 saturated carbocycles. The number of thioether (sulfide) groups is 1. The Morgan fingerprint density at radius 3 is 2.65 bits per heavy atom. The molecule has 6 heteroatoms. The van der Waals surface area contributed by atoms with Gasteiger partial charge in [0.1, 0.15) is 0 Å². The van der Waals surface area contributed by atoms with Gasteiger partial charge < -0.3 is 15.1 Å². The summed E-state index contributed by atoms with van der Waals surface area (Å²) in [6.07, 6.45) is 7.25. The Balaban J connectivity index is 1.72. The van der Waals surface area contributed by atoms with Crippen molar-refractivity contribution in [1.82, 2.24) is 10.2 Å². The maximum atomic E-state index is 5.46. The van der Waals surface area contributed by atoms with Crippen LogP contribution < -0.4 is 15.2 Å². The summed E-state index contributed by atoms with van der Waals surface area (Å²) in [6, 6.07) is 4.24. The van der Waals surface area contributed by atoms with Crippen LogP contribution in [0.5, 0.6) is 0 Å². The zero-order valence-corrected chi connectivity index (χ0v) is 13.6. The highest BCUT2D eigenvalue weighted by atomic mass is 32.2. The minimum atomic E-state index is 0.909. The number of hydrogen-bond donors (Lipinski definition) is 1. The monoisotopic (exact) mass is 311 g/mol. The Morgan fingerprint density at radius 1 is 1.30 bits per heavy atom. The van der Waals surface area contributed by atoms with Gasteiger partial charge in [0.2, 0.25) is 0 Å². The van der Waals surface area contributed by atoms with Crippen LogP contribution in [0.4, 0.5) is 5.69 Å². The van der Waals surface area contributed by atoms with Crippen LogP contribution in [-0.2, 0) is 0 Å². The lowest BCUT2D eigenvalue weighted by Gasteiger charge is -2.37. The molecule has 0 unspecified atom stereocenters. The van der Waals surface area contributed by atoms with Gasteiger partial charge in [0.15, 0.2) is 17.5 Å². The minimum Gasteiger partial charge on any atom is -0.368 e. The Labute approximate surface area is 130 Å². The van der Waals surface area contributed by atoms with E-state index in [1.165, 1.54) is 17.9 Å². The van der Waals surface area contributed by atoms with E-state index in [0.717, 1.165) is 37.8 Å². The average molecular weight is 312 g/mol. The summed E-state index contributed by atoms with van der Waals surface area (Å²) in [4.78, 5) is 7.74. The molecule has 0 atom stereocenters. The molecular weight excluding hydrogens is 288 g/mol. The van der Waals surface area contributed by atoms with Gasteiger partial charge >= 0.3 is 0 Å². The third-order valence-electron chi connectivity index (χ3n) is 3.43. The van der Waals surface area contributed by atoms with Gasteiger partial charge in [-0.05, 0) is 30.6 Å². The van der Waals surface area contributed by atoms with Crippen molar-refractivity contribution in [2.45, 2.75) is 6.42 Å². The molecule has 1 aliphatic rings. The predicted octanol–water partition coefficient (Wildman–Crippen LogP) is 1.25. The van der Waals surface area contributed by atoms with E-state index in [9.17, 15) is 0 Å². The topological polar surface area (TPSA) is 32.6 Å². The molecule has 1 aromatic rings. The van der Waals surface area contributed by atoms with Crippen molar-refractivity contribution in [3.8, 4) is 0 Å². The highest BCUT2D eigenvalue weighted by Gasteiger charge is 2.19. The molecule has 0 spiro atoms. The molecular formula is C14H23N4S2+. The molecule has 0 bridgehead atoms. The Bertz CT molecular complexity index is 405. The number of piperazine rings is 1. The smallest absolute Gasteiger partial charge is 0.169 e. The molecule has 0 aromatic carbocycles. The van der Waals surface area contributed by atoms with Gasteiger partial charge in [-0.2, -0.15) is 11.8 Å². The Hall–Kier alpha value is -1.01. The number of hydrogen-bond acceptors (Lipinski definition) is 3. The molecule has 0 radical (unpaired) electrons. The first-order chi connectivity index (χ1) is 9.81. The lowest BCUT2D eigenvalue weighted by Crippen LogP contribution is -2.52. The molecule has 1 fully saturated rings. The molecule has 1 aromatic heterocycles. The van der Waals surface area contributed by atoms with Crippen LogP contribution in [0.1, 0.15) is 6.42 Å². The van der Waals surface area contributed by atoms with Crippen LogP contribution in [0, 0.1) is 0 Å². The van der Waals surface area contributed by atoms with Crippen LogP contribution in [0.25, 0.3) is 0 Å². The number of nitrogens with zero attached hydrogens (tertiary/aromatic N) is 2. The fraction of sp³-hybridized carbons (Fsp3) is 0.571. The second kappa shape index (κ2) is 8.32. The predicted molar refractivity (Wildman–Crippen MR) is 90.4 cm³/mol. The highest BCUT2D eigenvalue weighted by molar-refractivity contribution is 7.98. The minimum absolute atomic E-state index is 0.909. The number of thiocarbonyl (C=S) groups is 1. The van der Waals surface area contributed by atoms with Crippen LogP contribution in [-0.4, -0.2) is 54.7 Å². The number of pyridine rings is 1. The molecule has 20 heavy (non-hydrogen) atoms. The SMILES string of the molecule is CSCCCNC(=S)N1CCN(c2cc[nH+]cc2)CC1. The van der Waals surface area contributed by atoms with Crippen LogP contribution >= 0.6 is 24.0 Å². The van der Waals surface area contributed by atoms with Gasteiger partial charge in [0.05, 0.1) is 0 Å². The summed E-state index contributed by atoms with van der Waals surface area (Å²) in [6.45, 7) is 5.02. The van der Waals surface area contributed by atoms with E-state index in [1.807, 2.05) is 24.2 Å². The maximum absolute atomic E-state index is 5.46. The first-order valence-corrected chi connectivity index (χ1v) is 8.84. The van der Waals surface area contributed by atoms with Gasteiger partial charge in [-0.25, -0.2) is 4.98 Å². The lowest BCUT2D eigenvalue weighted by atomic mass is 10.3. The molecule has 110 valence electrons. The van der Waals surface area contributed by atoms with Crippen molar-refractivity contribution in [2.75, 3.05) is 49.6 Å². The van der Waals surface area contributed by atoms with Gasteiger partial charge in [0, 0.05) is 50.5 Å². The van der Waals surface area contributed by atoms with Crippen LogP contribution in [0.3, 0.4) is 0 Å². The van der Waals surface area contributed by atoms with E-state index in [4.69, 9.17) is 12.2 Å². The third-order valence-corrected chi connectivity index (χ3v) is 4.53. The largest absolute Gasteiger partial charge is 0.368 e. The van der Waals surface area contributed by atoms with Gasteiger partial charge in [-0.3, -0.25) is 0 Å². The van der Waals surface area contributed by atoms with E-state index in [-0.39, 0.29) is 0 Å². The van der Waals surface area contributed by atoms with E-state index in [0.29, 0.717) is 0 Å². The normalized spacial score (nSPS) is 15.2. The molecule has 2 rings (SSSR count). The summed E-state index contributed by atoms with van der Waals surface area (Å²) in [5.74, 6) is 1.19. The van der Waals surface area contributed by atoms with E-state index >= 15 is 0 Å². The standard InChI is InChI=1S/C14H22N4S2/c1-20-12-2-5-16-14(19)18-10-8-17(9-11-18)13-3-6-15-7-4-13/h3-4,6-7H,2,5,8-12H2,1H3,(H,16,19)/p+1. The molecule has 1 saturated heterocycles.